The molecule has 0 saturated heterocycles. The van der Waals surface area contributed by atoms with Crippen molar-refractivity contribution in [1.29, 1.82) is 0 Å². The van der Waals surface area contributed by atoms with Crippen LogP contribution in [0.5, 0.6) is 17.2 Å². The van der Waals surface area contributed by atoms with Crippen LogP contribution in [0.25, 0.3) is 10.9 Å². The van der Waals surface area contributed by atoms with E-state index in [0.717, 1.165) is 18.5 Å². The Labute approximate surface area is 170 Å². The maximum atomic E-state index is 12.3. The Morgan fingerprint density at radius 3 is 2.41 bits per heavy atom. The van der Waals surface area contributed by atoms with Crippen LogP contribution in [-0.4, -0.2) is 45.3 Å². The Balaban J connectivity index is 1.46. The molecular formula is C22H27N3O4. The second-order valence-corrected chi connectivity index (χ2v) is 6.57. The van der Waals surface area contributed by atoms with Crippen LogP contribution in [0, 0.1) is 0 Å². The normalized spacial score (nSPS) is 10.7. The van der Waals surface area contributed by atoms with Gasteiger partial charge in [-0.2, -0.15) is 0 Å². The molecule has 0 aliphatic rings. The number of nitrogens with one attached hydrogen (secondary N) is 3. The average Bonchev–Trinajstić information content (AvgIpc) is 3.15. The zero-order valence-electron chi connectivity index (χ0n) is 17.0. The van der Waals surface area contributed by atoms with Gasteiger partial charge in [0.2, 0.25) is 11.7 Å². The number of rotatable bonds is 10. The number of amides is 1. The second kappa shape index (κ2) is 9.84. The van der Waals surface area contributed by atoms with E-state index in [1.807, 2.05) is 18.3 Å². The van der Waals surface area contributed by atoms with E-state index in [9.17, 15) is 4.79 Å². The molecule has 0 radical (unpaired) electrons. The number of hydrogen-bond acceptors (Lipinski definition) is 5. The van der Waals surface area contributed by atoms with Crippen molar-refractivity contribution >= 4 is 22.5 Å². The third-order valence-corrected chi connectivity index (χ3v) is 4.72. The molecule has 2 aromatic carbocycles. The Bertz CT molecular complexity index is 943. The van der Waals surface area contributed by atoms with Crippen LogP contribution in [0.4, 0.5) is 5.69 Å². The molecule has 3 N–H and O–H groups in total. The number of fused-ring (bicyclic) bond motifs is 1. The van der Waals surface area contributed by atoms with Crippen molar-refractivity contribution in [3.63, 3.8) is 0 Å². The summed E-state index contributed by atoms with van der Waals surface area (Å²) in [5.74, 6) is 1.41. The van der Waals surface area contributed by atoms with E-state index < -0.39 is 0 Å². The molecule has 3 rings (SSSR count). The van der Waals surface area contributed by atoms with Crippen LogP contribution < -0.4 is 24.8 Å². The number of benzene rings is 2. The van der Waals surface area contributed by atoms with Crippen molar-refractivity contribution in [2.24, 2.45) is 0 Å². The third kappa shape index (κ3) is 5.00. The fourth-order valence-corrected chi connectivity index (χ4v) is 3.27. The van der Waals surface area contributed by atoms with Gasteiger partial charge in [-0.25, -0.2) is 0 Å². The quantitative estimate of drug-likeness (QED) is 0.457. The van der Waals surface area contributed by atoms with Crippen molar-refractivity contribution in [1.82, 2.24) is 10.3 Å². The first-order chi connectivity index (χ1) is 14.2. The first-order valence-corrected chi connectivity index (χ1v) is 9.51. The molecule has 1 amide bonds. The Morgan fingerprint density at radius 1 is 1.00 bits per heavy atom. The lowest BCUT2D eigenvalue weighted by molar-refractivity contribution is -0.116. The number of hydrogen-bond donors (Lipinski definition) is 3. The van der Waals surface area contributed by atoms with Gasteiger partial charge >= 0.3 is 0 Å². The van der Waals surface area contributed by atoms with Crippen LogP contribution >= 0.6 is 0 Å². The minimum atomic E-state index is -0.0844. The minimum absolute atomic E-state index is 0.0844. The van der Waals surface area contributed by atoms with Gasteiger partial charge in [-0.15, -0.1) is 0 Å². The molecule has 3 aromatic rings. The summed E-state index contributed by atoms with van der Waals surface area (Å²) in [5, 5.41) is 7.44. The van der Waals surface area contributed by atoms with Crippen LogP contribution in [-0.2, 0) is 11.2 Å². The van der Waals surface area contributed by atoms with Gasteiger partial charge in [-0.1, -0.05) is 18.2 Å². The van der Waals surface area contributed by atoms with Gasteiger partial charge in [-0.3, -0.25) is 4.79 Å². The first kappa shape index (κ1) is 20.5. The van der Waals surface area contributed by atoms with E-state index in [0.29, 0.717) is 35.9 Å². The average molecular weight is 397 g/mol. The summed E-state index contributed by atoms with van der Waals surface area (Å²) in [4.78, 5) is 15.5. The number of methoxy groups -OCH3 is 3. The van der Waals surface area contributed by atoms with E-state index in [1.54, 1.807) is 33.5 Å². The smallest absolute Gasteiger partial charge is 0.225 e. The molecule has 29 heavy (non-hydrogen) atoms. The molecule has 1 heterocycles. The Hall–Kier alpha value is -3.19. The van der Waals surface area contributed by atoms with Crippen molar-refractivity contribution in [3.05, 3.63) is 48.2 Å². The van der Waals surface area contributed by atoms with E-state index >= 15 is 0 Å². The van der Waals surface area contributed by atoms with Gasteiger partial charge in [0.05, 0.1) is 21.3 Å². The highest BCUT2D eigenvalue weighted by Crippen LogP contribution is 2.39. The fourth-order valence-electron chi connectivity index (χ4n) is 3.27. The molecule has 0 aliphatic heterocycles. The predicted molar refractivity (Wildman–Crippen MR) is 114 cm³/mol. The summed E-state index contributed by atoms with van der Waals surface area (Å²) >= 11 is 0. The highest BCUT2D eigenvalue weighted by atomic mass is 16.5. The van der Waals surface area contributed by atoms with Crippen LogP contribution in [0.15, 0.2) is 42.6 Å². The van der Waals surface area contributed by atoms with Gasteiger partial charge in [0.25, 0.3) is 0 Å². The van der Waals surface area contributed by atoms with Gasteiger partial charge in [0.15, 0.2) is 11.5 Å². The molecule has 7 nitrogen and oxygen atoms in total. The summed E-state index contributed by atoms with van der Waals surface area (Å²) in [6.45, 7) is 1.40. The number of carbonyl (C=O) groups is 1. The van der Waals surface area contributed by atoms with Crippen LogP contribution in [0.2, 0.25) is 0 Å². The van der Waals surface area contributed by atoms with E-state index in [2.05, 4.69) is 27.8 Å². The predicted octanol–water partition coefficient (Wildman–Crippen LogP) is 3.35. The van der Waals surface area contributed by atoms with E-state index in [-0.39, 0.29) is 5.91 Å². The number of aromatic nitrogens is 1. The monoisotopic (exact) mass is 397 g/mol. The summed E-state index contributed by atoms with van der Waals surface area (Å²) in [5.41, 5.74) is 3.02. The maximum Gasteiger partial charge on any atom is 0.225 e. The molecular weight excluding hydrogens is 370 g/mol. The minimum Gasteiger partial charge on any atom is -0.493 e. The number of ether oxygens (including phenoxy) is 3. The van der Waals surface area contributed by atoms with Crippen molar-refractivity contribution in [2.75, 3.05) is 39.7 Å². The molecule has 0 aliphatic carbocycles. The number of para-hydroxylation sites is 1. The van der Waals surface area contributed by atoms with Crippen molar-refractivity contribution in [3.8, 4) is 17.2 Å². The molecule has 7 heteroatoms. The SMILES string of the molecule is COc1cc(NC(=O)CCNCCc2c[nH]c3ccccc23)cc(OC)c1OC. The van der Waals surface area contributed by atoms with E-state index in [1.165, 1.54) is 10.9 Å². The molecule has 154 valence electrons. The first-order valence-electron chi connectivity index (χ1n) is 9.51. The number of carbonyl (C=O) groups excluding carboxylic acids is 1. The van der Waals surface area contributed by atoms with Gasteiger partial charge in [-0.05, 0) is 24.6 Å². The fraction of sp³-hybridized carbons (Fsp3) is 0.318. The second-order valence-electron chi connectivity index (χ2n) is 6.57. The maximum absolute atomic E-state index is 12.3. The summed E-state index contributed by atoms with van der Waals surface area (Å²) in [7, 11) is 4.63. The highest BCUT2D eigenvalue weighted by molar-refractivity contribution is 5.91. The topological polar surface area (TPSA) is 84.6 Å². The molecule has 0 spiro atoms. The lowest BCUT2D eigenvalue weighted by atomic mass is 10.1. The molecule has 1 aromatic heterocycles. The summed E-state index contributed by atoms with van der Waals surface area (Å²) < 4.78 is 15.9. The molecule has 0 fully saturated rings. The highest BCUT2D eigenvalue weighted by Gasteiger charge is 2.14. The zero-order chi connectivity index (χ0) is 20.6. The lowest BCUT2D eigenvalue weighted by Gasteiger charge is -2.14. The molecule has 0 saturated carbocycles. The molecule has 0 atom stereocenters. The van der Waals surface area contributed by atoms with Crippen molar-refractivity contribution in [2.45, 2.75) is 12.8 Å². The van der Waals surface area contributed by atoms with Gasteiger partial charge in [0, 0.05) is 47.9 Å². The van der Waals surface area contributed by atoms with Crippen LogP contribution in [0.3, 0.4) is 0 Å². The number of aromatic amines is 1. The van der Waals surface area contributed by atoms with Gasteiger partial charge in [0.1, 0.15) is 0 Å². The zero-order valence-corrected chi connectivity index (χ0v) is 17.0. The lowest BCUT2D eigenvalue weighted by Crippen LogP contribution is -2.23. The Kier molecular flexibility index (Phi) is 6.97. The summed E-state index contributed by atoms with van der Waals surface area (Å²) in [6, 6.07) is 11.7. The molecule has 0 bridgehead atoms. The van der Waals surface area contributed by atoms with Gasteiger partial charge < -0.3 is 29.8 Å². The largest absolute Gasteiger partial charge is 0.493 e. The van der Waals surface area contributed by atoms with Crippen molar-refractivity contribution < 1.29 is 19.0 Å². The third-order valence-electron chi connectivity index (χ3n) is 4.72. The standard InChI is InChI=1S/C22H27N3O4/c1-27-19-12-16(13-20(28-2)22(19)29-3)25-21(26)9-11-23-10-8-15-14-24-18-7-5-4-6-17(15)18/h4-7,12-14,23-24H,8-11H2,1-3H3,(H,25,26). The number of H-pyrrole nitrogens is 1. The van der Waals surface area contributed by atoms with E-state index in [4.69, 9.17) is 14.2 Å². The molecule has 0 unspecified atom stereocenters. The number of anilines is 1. The summed E-state index contributed by atoms with van der Waals surface area (Å²) in [6.07, 6.45) is 3.31. The Morgan fingerprint density at radius 2 is 1.72 bits per heavy atom. The van der Waals surface area contributed by atoms with Crippen LogP contribution in [0.1, 0.15) is 12.0 Å².